The second-order valence-corrected chi connectivity index (χ2v) is 7.26. The summed E-state index contributed by atoms with van der Waals surface area (Å²) >= 11 is 0. The van der Waals surface area contributed by atoms with Crippen LogP contribution < -0.4 is 14.6 Å². The third-order valence-corrected chi connectivity index (χ3v) is 5.81. The molecule has 0 radical (unpaired) electrons. The van der Waals surface area contributed by atoms with Crippen LogP contribution >= 0.6 is 0 Å². The maximum Gasteiger partial charge on any atom is 0.246 e. The normalized spacial score (nSPS) is 15.7. The number of nitrogens with zero attached hydrogens (tertiary/aromatic N) is 2. The number of aliphatic carboxylic acids is 1. The number of methoxy groups -OCH3 is 2. The third-order valence-electron chi connectivity index (χ3n) is 3.88. The number of amides is 1. The highest BCUT2D eigenvalue weighted by Gasteiger charge is 2.32. The van der Waals surface area contributed by atoms with Gasteiger partial charge in [0.25, 0.3) is 0 Å². The van der Waals surface area contributed by atoms with E-state index in [0.717, 1.165) is 0 Å². The van der Waals surface area contributed by atoms with Gasteiger partial charge in [0.2, 0.25) is 15.9 Å². The van der Waals surface area contributed by atoms with Crippen molar-refractivity contribution >= 4 is 21.9 Å². The predicted molar refractivity (Wildman–Crippen MR) is 84.5 cm³/mol. The van der Waals surface area contributed by atoms with Crippen LogP contribution in [0.15, 0.2) is 23.1 Å². The Morgan fingerprint density at radius 1 is 1.12 bits per heavy atom. The summed E-state index contributed by atoms with van der Waals surface area (Å²) in [6.07, 6.45) is -0.709. The Kier molecular flexibility index (Phi) is 5.85. The molecule has 0 bridgehead atoms. The van der Waals surface area contributed by atoms with Gasteiger partial charge in [-0.3, -0.25) is 4.79 Å². The summed E-state index contributed by atoms with van der Waals surface area (Å²) in [6, 6.07) is 4.40. The van der Waals surface area contributed by atoms with E-state index in [2.05, 4.69) is 0 Å². The van der Waals surface area contributed by atoms with E-state index in [-0.39, 0.29) is 36.8 Å². The van der Waals surface area contributed by atoms with Crippen molar-refractivity contribution in [1.82, 2.24) is 9.21 Å². The molecule has 0 aromatic heterocycles. The molecule has 1 aliphatic heterocycles. The first-order chi connectivity index (χ1) is 11.8. The molecule has 1 aliphatic rings. The Morgan fingerprint density at radius 3 is 2.28 bits per heavy atom. The van der Waals surface area contributed by atoms with E-state index in [1.807, 2.05) is 0 Å². The van der Waals surface area contributed by atoms with Gasteiger partial charge in [0, 0.05) is 32.2 Å². The van der Waals surface area contributed by atoms with Crippen LogP contribution in [-0.4, -0.2) is 69.9 Å². The van der Waals surface area contributed by atoms with Gasteiger partial charge < -0.3 is 24.3 Å². The van der Waals surface area contributed by atoms with Crippen LogP contribution in [0.5, 0.6) is 11.5 Å². The summed E-state index contributed by atoms with van der Waals surface area (Å²) in [5.41, 5.74) is 0. The molecule has 0 unspecified atom stereocenters. The van der Waals surface area contributed by atoms with Gasteiger partial charge in [-0.05, 0) is 12.1 Å². The first-order valence-corrected chi connectivity index (χ1v) is 8.93. The van der Waals surface area contributed by atoms with Crippen molar-refractivity contribution in [3.05, 3.63) is 18.2 Å². The Labute approximate surface area is 145 Å². The van der Waals surface area contributed by atoms with Gasteiger partial charge in [0.05, 0.1) is 26.6 Å². The first-order valence-electron chi connectivity index (χ1n) is 7.49. The van der Waals surface area contributed by atoms with Crippen LogP contribution in [0.3, 0.4) is 0 Å². The van der Waals surface area contributed by atoms with Gasteiger partial charge in [-0.25, -0.2) is 8.42 Å². The fraction of sp³-hybridized carbons (Fsp3) is 0.467. The van der Waals surface area contributed by atoms with Crippen LogP contribution in [0, 0.1) is 0 Å². The molecule has 0 N–H and O–H groups in total. The average Bonchev–Trinajstić information content (AvgIpc) is 2.60. The molecule has 1 aromatic rings. The van der Waals surface area contributed by atoms with Gasteiger partial charge >= 0.3 is 0 Å². The molecular formula is C15H19N2O7S-. The summed E-state index contributed by atoms with van der Waals surface area (Å²) in [5, 5.41) is 10.5. The maximum absolute atomic E-state index is 12.8. The molecule has 25 heavy (non-hydrogen) atoms. The number of ether oxygens (including phenoxy) is 2. The molecular weight excluding hydrogens is 352 g/mol. The van der Waals surface area contributed by atoms with Crippen LogP contribution in [-0.2, 0) is 19.6 Å². The van der Waals surface area contributed by atoms with E-state index in [1.54, 1.807) is 0 Å². The topological polar surface area (TPSA) is 116 Å². The largest absolute Gasteiger partial charge is 0.550 e. The summed E-state index contributed by atoms with van der Waals surface area (Å²) in [4.78, 5) is 23.5. The van der Waals surface area contributed by atoms with E-state index in [0.29, 0.717) is 5.75 Å². The number of rotatable bonds is 6. The van der Waals surface area contributed by atoms with Crippen molar-refractivity contribution in [3.63, 3.8) is 0 Å². The molecule has 1 fully saturated rings. The molecule has 0 spiro atoms. The Morgan fingerprint density at radius 2 is 1.76 bits per heavy atom. The van der Waals surface area contributed by atoms with Crippen LogP contribution in [0.2, 0.25) is 0 Å². The maximum atomic E-state index is 12.8. The molecule has 1 heterocycles. The summed E-state index contributed by atoms with van der Waals surface area (Å²) < 4.78 is 37.1. The van der Waals surface area contributed by atoms with Gasteiger partial charge in [-0.1, -0.05) is 0 Å². The predicted octanol–water partition coefficient (Wildman–Crippen LogP) is -1.32. The first kappa shape index (κ1) is 19.0. The lowest BCUT2D eigenvalue weighted by Gasteiger charge is -2.34. The van der Waals surface area contributed by atoms with Crippen LogP contribution in [0.1, 0.15) is 6.42 Å². The van der Waals surface area contributed by atoms with E-state index < -0.39 is 28.3 Å². The quantitative estimate of drug-likeness (QED) is 0.569. The molecule has 1 saturated heterocycles. The Bertz CT molecular complexity index is 755. The fourth-order valence-electron chi connectivity index (χ4n) is 2.54. The van der Waals surface area contributed by atoms with Crippen molar-refractivity contribution in [2.75, 3.05) is 40.4 Å². The number of piperazine rings is 1. The number of carbonyl (C=O) groups excluding carboxylic acids is 2. The van der Waals surface area contributed by atoms with Crippen molar-refractivity contribution in [2.24, 2.45) is 0 Å². The minimum absolute atomic E-state index is 0.00492. The minimum Gasteiger partial charge on any atom is -0.550 e. The molecule has 138 valence electrons. The number of carboxylic acid groups (broad SMARTS) is 1. The molecule has 0 atom stereocenters. The van der Waals surface area contributed by atoms with Crippen LogP contribution in [0.25, 0.3) is 0 Å². The number of hydrogen-bond acceptors (Lipinski definition) is 7. The molecule has 9 nitrogen and oxygen atoms in total. The highest BCUT2D eigenvalue weighted by Crippen LogP contribution is 2.31. The fourth-order valence-corrected chi connectivity index (χ4v) is 4.10. The second kappa shape index (κ2) is 7.70. The standard InChI is InChI=1S/C15H20N2O7S/c1-23-11-3-4-13(12(9-11)24-2)25(21,22)17-7-5-16(6-8-17)14(18)10-15(19)20/h3-4,9H,5-8,10H2,1-2H3,(H,19,20)/p-1. The monoisotopic (exact) mass is 371 g/mol. The Balaban J connectivity index is 2.14. The molecule has 0 aliphatic carbocycles. The molecule has 1 aromatic carbocycles. The second-order valence-electron chi connectivity index (χ2n) is 5.35. The SMILES string of the molecule is COc1ccc(S(=O)(=O)N2CCN(C(=O)CC(=O)[O-])CC2)c(OC)c1. The molecule has 10 heteroatoms. The number of hydrogen-bond donors (Lipinski definition) is 0. The lowest BCUT2D eigenvalue weighted by atomic mass is 10.3. The smallest absolute Gasteiger partial charge is 0.246 e. The molecule has 0 saturated carbocycles. The number of carboxylic acids is 1. The van der Waals surface area contributed by atoms with E-state index >= 15 is 0 Å². The zero-order valence-electron chi connectivity index (χ0n) is 13.9. The molecule has 2 rings (SSSR count). The summed E-state index contributed by atoms with van der Waals surface area (Å²) in [7, 11) is -0.986. The van der Waals surface area contributed by atoms with Crippen molar-refractivity contribution in [3.8, 4) is 11.5 Å². The summed E-state index contributed by atoms with van der Waals surface area (Å²) in [5.74, 6) is -1.41. The van der Waals surface area contributed by atoms with E-state index in [9.17, 15) is 23.1 Å². The number of carbonyl (C=O) groups is 2. The van der Waals surface area contributed by atoms with Gasteiger partial charge in [-0.2, -0.15) is 4.31 Å². The lowest BCUT2D eigenvalue weighted by molar-refractivity contribution is -0.304. The van der Waals surface area contributed by atoms with Gasteiger partial charge in [0.15, 0.2) is 0 Å². The summed E-state index contributed by atoms with van der Waals surface area (Å²) in [6.45, 7) is 0.361. The van der Waals surface area contributed by atoms with E-state index in [4.69, 9.17) is 9.47 Å². The average molecular weight is 371 g/mol. The van der Waals surface area contributed by atoms with Crippen molar-refractivity contribution in [1.29, 1.82) is 0 Å². The minimum atomic E-state index is -3.82. The Hall–Kier alpha value is -2.33. The zero-order chi connectivity index (χ0) is 18.6. The zero-order valence-corrected chi connectivity index (χ0v) is 14.7. The lowest BCUT2D eigenvalue weighted by Crippen LogP contribution is -2.51. The van der Waals surface area contributed by atoms with E-state index in [1.165, 1.54) is 41.6 Å². The highest BCUT2D eigenvalue weighted by molar-refractivity contribution is 7.89. The third kappa shape index (κ3) is 4.20. The van der Waals surface area contributed by atoms with Crippen LogP contribution in [0.4, 0.5) is 0 Å². The molecule has 1 amide bonds. The van der Waals surface area contributed by atoms with Gasteiger partial charge in [0.1, 0.15) is 16.4 Å². The van der Waals surface area contributed by atoms with Gasteiger partial charge in [-0.15, -0.1) is 0 Å². The highest BCUT2D eigenvalue weighted by atomic mass is 32.2. The number of benzene rings is 1. The van der Waals surface area contributed by atoms with Crippen molar-refractivity contribution in [2.45, 2.75) is 11.3 Å². The number of sulfonamides is 1. The van der Waals surface area contributed by atoms with Crippen molar-refractivity contribution < 1.29 is 32.6 Å².